The predicted octanol–water partition coefficient (Wildman–Crippen LogP) is 3.73. The number of anilines is 1. The number of nitrogens with one attached hydrogen (secondary N) is 2. The van der Waals surface area contributed by atoms with Crippen LogP contribution < -0.4 is 10.6 Å². The quantitative estimate of drug-likeness (QED) is 0.686. The number of hydrogen-bond acceptors (Lipinski definition) is 5. The fraction of sp³-hybridized carbons (Fsp3) is 0.407. The fourth-order valence-corrected chi connectivity index (χ4v) is 4.91. The summed E-state index contributed by atoms with van der Waals surface area (Å²) in [4.78, 5) is 40.8. The Balaban J connectivity index is 1.54. The lowest BCUT2D eigenvalue weighted by atomic mass is 9.80. The number of fused-ring (bicyclic) bond motifs is 2. The summed E-state index contributed by atoms with van der Waals surface area (Å²) in [6, 6.07) is 17.1. The van der Waals surface area contributed by atoms with Crippen LogP contribution in [0.25, 0.3) is 0 Å². The van der Waals surface area contributed by atoms with E-state index in [1.807, 2.05) is 75.4 Å². The largest absolute Gasteiger partial charge is 0.445 e. The van der Waals surface area contributed by atoms with Crippen molar-refractivity contribution in [1.82, 2.24) is 10.2 Å². The van der Waals surface area contributed by atoms with Crippen LogP contribution in [0.2, 0.25) is 0 Å². The van der Waals surface area contributed by atoms with E-state index in [-0.39, 0.29) is 30.9 Å². The Hall–Kier alpha value is -3.86. The Bertz CT molecular complexity index is 1170. The second-order valence-electron chi connectivity index (χ2n) is 10.4. The van der Waals surface area contributed by atoms with Crippen LogP contribution in [-0.2, 0) is 26.3 Å². The summed E-state index contributed by atoms with van der Waals surface area (Å²) < 4.78 is 5.35. The van der Waals surface area contributed by atoms with Gasteiger partial charge in [-0.25, -0.2) is 4.79 Å². The predicted molar refractivity (Wildman–Crippen MR) is 130 cm³/mol. The SMILES string of the molecule is CC(C)(C)C[C@H](NC(=O)OCc1ccccc1)C(=O)N1C[C@]2(C[C@H]1C#N)C(=O)Nc1ccccc12. The summed E-state index contributed by atoms with van der Waals surface area (Å²) in [5.41, 5.74) is 1.07. The van der Waals surface area contributed by atoms with E-state index in [1.165, 1.54) is 4.90 Å². The Morgan fingerprint density at radius 1 is 1.20 bits per heavy atom. The zero-order valence-corrected chi connectivity index (χ0v) is 20.2. The first-order chi connectivity index (χ1) is 16.6. The minimum atomic E-state index is -0.979. The van der Waals surface area contributed by atoms with Crippen LogP contribution >= 0.6 is 0 Å². The molecule has 35 heavy (non-hydrogen) atoms. The van der Waals surface area contributed by atoms with Crippen molar-refractivity contribution >= 4 is 23.6 Å². The third kappa shape index (κ3) is 4.99. The molecular weight excluding hydrogens is 444 g/mol. The van der Waals surface area contributed by atoms with Gasteiger partial charge in [-0.1, -0.05) is 69.3 Å². The van der Waals surface area contributed by atoms with Crippen LogP contribution in [0.4, 0.5) is 10.5 Å². The monoisotopic (exact) mass is 474 g/mol. The number of carbonyl (C=O) groups is 3. The molecule has 8 nitrogen and oxygen atoms in total. The minimum absolute atomic E-state index is 0.0771. The van der Waals surface area contributed by atoms with Crippen molar-refractivity contribution in [1.29, 1.82) is 5.26 Å². The zero-order valence-electron chi connectivity index (χ0n) is 20.2. The third-order valence-corrected chi connectivity index (χ3v) is 6.54. The van der Waals surface area contributed by atoms with Gasteiger partial charge in [0, 0.05) is 18.7 Å². The van der Waals surface area contributed by atoms with Crippen LogP contribution in [0.5, 0.6) is 0 Å². The third-order valence-electron chi connectivity index (χ3n) is 6.54. The van der Waals surface area contributed by atoms with Crippen molar-refractivity contribution in [3.05, 3.63) is 65.7 Å². The molecule has 2 aromatic rings. The van der Waals surface area contributed by atoms with Crippen LogP contribution in [0.1, 0.15) is 44.7 Å². The molecule has 4 rings (SSSR count). The number of amides is 3. The highest BCUT2D eigenvalue weighted by Gasteiger charge is 2.56. The second-order valence-corrected chi connectivity index (χ2v) is 10.4. The normalized spacial score (nSPS) is 21.7. The Morgan fingerprint density at radius 3 is 2.57 bits per heavy atom. The highest BCUT2D eigenvalue weighted by atomic mass is 16.5. The summed E-state index contributed by atoms with van der Waals surface area (Å²) in [5.74, 6) is -0.603. The molecule has 2 heterocycles. The van der Waals surface area contributed by atoms with Gasteiger partial charge in [0.05, 0.1) is 11.5 Å². The van der Waals surface area contributed by atoms with Crippen molar-refractivity contribution in [3.63, 3.8) is 0 Å². The highest BCUT2D eigenvalue weighted by Crippen LogP contribution is 2.46. The molecule has 0 aromatic heterocycles. The van der Waals surface area contributed by atoms with E-state index >= 15 is 0 Å². The fourth-order valence-electron chi connectivity index (χ4n) is 4.91. The molecule has 1 fully saturated rings. The summed E-state index contributed by atoms with van der Waals surface area (Å²) in [6.07, 6.45) is -0.155. The molecule has 0 saturated carbocycles. The van der Waals surface area contributed by atoms with Gasteiger partial charge in [-0.15, -0.1) is 0 Å². The number of alkyl carbamates (subject to hydrolysis) is 1. The maximum Gasteiger partial charge on any atom is 0.408 e. The van der Waals surface area contributed by atoms with E-state index < -0.39 is 29.5 Å². The van der Waals surface area contributed by atoms with E-state index in [0.717, 1.165) is 11.1 Å². The standard InChI is InChI=1S/C27H30N4O4/c1-26(2,3)14-22(30-25(34)35-16-18-9-5-4-6-10-18)23(32)31-17-27(13-19(31)15-28)20-11-7-8-12-21(20)29-24(27)33/h4-12,19,22H,13-14,16-17H2,1-3H3,(H,29,33)(H,30,34)/t19-,22-,27-/m0/s1. The van der Waals surface area contributed by atoms with Crippen LogP contribution in [0.3, 0.4) is 0 Å². The number of carbonyl (C=O) groups excluding carboxylic acids is 3. The summed E-state index contributed by atoms with van der Waals surface area (Å²) in [6.45, 7) is 6.07. The summed E-state index contributed by atoms with van der Waals surface area (Å²) in [5, 5.41) is 15.5. The van der Waals surface area contributed by atoms with Gasteiger partial charge in [-0.05, 0) is 29.0 Å². The first-order valence-electron chi connectivity index (χ1n) is 11.7. The molecule has 0 aliphatic carbocycles. The molecule has 3 amide bonds. The van der Waals surface area contributed by atoms with E-state index in [9.17, 15) is 19.6 Å². The van der Waals surface area contributed by atoms with Crippen molar-refractivity contribution in [2.75, 3.05) is 11.9 Å². The molecule has 1 spiro atoms. The number of nitriles is 1. The Kier molecular flexibility index (Phi) is 6.53. The highest BCUT2D eigenvalue weighted by molar-refractivity contribution is 6.07. The topological polar surface area (TPSA) is 112 Å². The lowest BCUT2D eigenvalue weighted by Gasteiger charge is -2.31. The number of benzene rings is 2. The van der Waals surface area contributed by atoms with Crippen LogP contribution in [-0.4, -0.2) is 41.4 Å². The number of ether oxygens (including phenoxy) is 1. The Labute approximate surface area is 205 Å². The number of hydrogen-bond donors (Lipinski definition) is 2. The van der Waals surface area contributed by atoms with Gasteiger partial charge in [-0.3, -0.25) is 9.59 Å². The number of likely N-dealkylation sites (tertiary alicyclic amines) is 1. The van der Waals surface area contributed by atoms with Crippen molar-refractivity contribution in [3.8, 4) is 6.07 Å². The van der Waals surface area contributed by atoms with Crippen molar-refractivity contribution < 1.29 is 19.1 Å². The first-order valence-corrected chi connectivity index (χ1v) is 11.7. The van der Waals surface area contributed by atoms with E-state index in [2.05, 4.69) is 16.7 Å². The van der Waals surface area contributed by atoms with E-state index in [0.29, 0.717) is 12.1 Å². The molecule has 182 valence electrons. The first kappa shape index (κ1) is 24.3. The molecule has 3 atom stereocenters. The second kappa shape index (κ2) is 9.41. The maximum absolute atomic E-state index is 13.7. The van der Waals surface area contributed by atoms with E-state index in [1.54, 1.807) is 0 Å². The molecule has 2 aliphatic rings. The molecule has 2 aliphatic heterocycles. The number of rotatable bonds is 5. The van der Waals surface area contributed by atoms with Crippen LogP contribution in [0.15, 0.2) is 54.6 Å². The smallest absolute Gasteiger partial charge is 0.408 e. The number of nitrogens with zero attached hydrogens (tertiary/aromatic N) is 2. The van der Waals surface area contributed by atoms with Gasteiger partial charge in [-0.2, -0.15) is 5.26 Å². The van der Waals surface area contributed by atoms with Gasteiger partial charge < -0.3 is 20.3 Å². The molecule has 0 radical (unpaired) electrons. The average Bonchev–Trinajstić information content (AvgIpc) is 3.35. The molecule has 0 unspecified atom stereocenters. The lowest BCUT2D eigenvalue weighted by molar-refractivity contribution is -0.134. The average molecular weight is 475 g/mol. The summed E-state index contributed by atoms with van der Waals surface area (Å²) >= 11 is 0. The van der Waals surface area contributed by atoms with Crippen molar-refractivity contribution in [2.45, 2.75) is 57.7 Å². The van der Waals surface area contributed by atoms with Gasteiger partial charge >= 0.3 is 6.09 Å². The Morgan fingerprint density at radius 2 is 1.89 bits per heavy atom. The van der Waals surface area contributed by atoms with Gasteiger partial charge in [0.25, 0.3) is 0 Å². The summed E-state index contributed by atoms with van der Waals surface area (Å²) in [7, 11) is 0. The molecular formula is C27H30N4O4. The van der Waals surface area contributed by atoms with Crippen LogP contribution in [0, 0.1) is 16.7 Å². The minimum Gasteiger partial charge on any atom is -0.445 e. The lowest BCUT2D eigenvalue weighted by Crippen LogP contribution is -2.52. The van der Waals surface area contributed by atoms with Crippen molar-refractivity contribution in [2.24, 2.45) is 5.41 Å². The molecule has 2 N–H and O–H groups in total. The van der Waals surface area contributed by atoms with Gasteiger partial charge in [0.15, 0.2) is 0 Å². The molecule has 2 aromatic carbocycles. The van der Waals surface area contributed by atoms with Gasteiger partial charge in [0.1, 0.15) is 18.7 Å². The maximum atomic E-state index is 13.7. The van der Waals surface area contributed by atoms with E-state index in [4.69, 9.17) is 4.74 Å². The van der Waals surface area contributed by atoms with Gasteiger partial charge in [0.2, 0.25) is 11.8 Å². The molecule has 0 bridgehead atoms. The number of para-hydroxylation sites is 1. The molecule has 1 saturated heterocycles. The molecule has 8 heteroatoms. The zero-order chi connectivity index (χ0) is 25.2.